The third-order valence-corrected chi connectivity index (χ3v) is 2.88. The number of carbonyl (C=O) groups is 1. The van der Waals surface area contributed by atoms with E-state index in [1.807, 2.05) is 0 Å². The Labute approximate surface area is 130 Å². The highest BCUT2D eigenvalue weighted by atomic mass is 19.4. The fourth-order valence-corrected chi connectivity index (χ4v) is 1.75. The summed E-state index contributed by atoms with van der Waals surface area (Å²) < 4.78 is 53.4. The van der Waals surface area contributed by atoms with Crippen LogP contribution in [0.25, 0.3) is 0 Å². The summed E-state index contributed by atoms with van der Waals surface area (Å²) in [4.78, 5) is 12.0. The summed E-state index contributed by atoms with van der Waals surface area (Å²) in [5, 5.41) is 2.39. The smallest absolute Gasteiger partial charge is 0.416 e. The number of anilines is 1. The number of benzene rings is 1. The van der Waals surface area contributed by atoms with Crippen molar-refractivity contribution in [3.05, 3.63) is 47.9 Å². The largest absolute Gasteiger partial charge is 0.489 e. The Bertz CT molecular complexity index is 653. The van der Waals surface area contributed by atoms with Crippen molar-refractivity contribution in [2.24, 2.45) is 0 Å². The first-order chi connectivity index (χ1) is 10.9. The first kappa shape index (κ1) is 16.9. The molecule has 0 radical (unpaired) electrons. The Balaban J connectivity index is 2.26. The normalized spacial score (nSPS) is 11.3. The van der Waals surface area contributed by atoms with Gasteiger partial charge in [0.1, 0.15) is 18.6 Å². The van der Waals surface area contributed by atoms with E-state index in [0.29, 0.717) is 0 Å². The molecule has 124 valence electrons. The standard InChI is InChI=1S/C15H14F3NO4/c1-21-6-7-23-13-3-2-11(15(16,17)18)8-12(13)19-14(20)10-4-5-22-9-10/h2-5,8-9H,6-7H2,1H3,(H,19,20). The average molecular weight is 329 g/mol. The van der Waals surface area contributed by atoms with Gasteiger partial charge in [0, 0.05) is 7.11 Å². The monoisotopic (exact) mass is 329 g/mol. The van der Waals surface area contributed by atoms with E-state index in [4.69, 9.17) is 13.9 Å². The molecule has 0 bridgehead atoms. The molecule has 0 saturated heterocycles. The van der Waals surface area contributed by atoms with Gasteiger partial charge in [-0.25, -0.2) is 0 Å². The van der Waals surface area contributed by atoms with Crippen molar-refractivity contribution in [1.82, 2.24) is 0 Å². The number of hydrogen-bond acceptors (Lipinski definition) is 4. The van der Waals surface area contributed by atoms with Crippen LogP contribution in [0.15, 0.2) is 41.2 Å². The third kappa shape index (κ3) is 4.49. The highest BCUT2D eigenvalue weighted by Crippen LogP contribution is 2.35. The van der Waals surface area contributed by atoms with Gasteiger partial charge in [0.15, 0.2) is 0 Å². The molecule has 0 aliphatic rings. The maximum atomic E-state index is 12.8. The van der Waals surface area contributed by atoms with E-state index in [2.05, 4.69) is 5.32 Å². The minimum Gasteiger partial charge on any atom is -0.489 e. The van der Waals surface area contributed by atoms with Crippen LogP contribution < -0.4 is 10.1 Å². The summed E-state index contributed by atoms with van der Waals surface area (Å²) >= 11 is 0. The Hall–Kier alpha value is -2.48. The van der Waals surface area contributed by atoms with E-state index in [1.54, 1.807) is 0 Å². The molecule has 23 heavy (non-hydrogen) atoms. The van der Waals surface area contributed by atoms with Crippen LogP contribution in [0.1, 0.15) is 15.9 Å². The molecule has 1 aromatic carbocycles. The summed E-state index contributed by atoms with van der Waals surface area (Å²) in [6, 6.07) is 4.26. The van der Waals surface area contributed by atoms with Gasteiger partial charge in [0.05, 0.1) is 29.7 Å². The first-order valence-corrected chi connectivity index (χ1v) is 6.58. The van der Waals surface area contributed by atoms with E-state index in [-0.39, 0.29) is 30.2 Å². The number of carbonyl (C=O) groups excluding carboxylic acids is 1. The number of halogens is 3. The maximum Gasteiger partial charge on any atom is 0.416 e. The lowest BCUT2D eigenvalue weighted by Gasteiger charge is -2.15. The lowest BCUT2D eigenvalue weighted by molar-refractivity contribution is -0.137. The molecule has 1 aromatic heterocycles. The van der Waals surface area contributed by atoms with Crippen LogP contribution in [0.2, 0.25) is 0 Å². The molecule has 1 amide bonds. The van der Waals surface area contributed by atoms with Crippen molar-refractivity contribution >= 4 is 11.6 Å². The predicted molar refractivity (Wildman–Crippen MR) is 75.5 cm³/mol. The molecule has 0 atom stereocenters. The molecule has 0 spiro atoms. The van der Waals surface area contributed by atoms with Crippen LogP contribution >= 0.6 is 0 Å². The molecule has 2 aromatic rings. The minimum absolute atomic E-state index is 0.0814. The van der Waals surface area contributed by atoms with Gasteiger partial charge in [-0.1, -0.05) is 0 Å². The van der Waals surface area contributed by atoms with E-state index < -0.39 is 17.6 Å². The van der Waals surface area contributed by atoms with Crippen molar-refractivity contribution in [2.45, 2.75) is 6.18 Å². The predicted octanol–water partition coefficient (Wildman–Crippen LogP) is 3.58. The molecule has 2 rings (SSSR count). The second-order valence-electron chi connectivity index (χ2n) is 4.52. The van der Waals surface area contributed by atoms with Crippen molar-refractivity contribution < 1.29 is 31.9 Å². The molecular formula is C15H14F3NO4. The summed E-state index contributed by atoms with van der Waals surface area (Å²) in [6.45, 7) is 0.395. The molecule has 1 heterocycles. The van der Waals surface area contributed by atoms with Crippen molar-refractivity contribution in [3.63, 3.8) is 0 Å². The highest BCUT2D eigenvalue weighted by Gasteiger charge is 2.31. The number of rotatable bonds is 6. The van der Waals surface area contributed by atoms with Crippen molar-refractivity contribution in [2.75, 3.05) is 25.6 Å². The van der Waals surface area contributed by atoms with Gasteiger partial charge >= 0.3 is 6.18 Å². The number of hydrogen-bond donors (Lipinski definition) is 1. The van der Waals surface area contributed by atoms with E-state index >= 15 is 0 Å². The van der Waals surface area contributed by atoms with Crippen LogP contribution in [0.3, 0.4) is 0 Å². The van der Waals surface area contributed by atoms with Crippen LogP contribution in [-0.4, -0.2) is 26.2 Å². The number of nitrogens with one attached hydrogen (secondary N) is 1. The summed E-state index contributed by atoms with van der Waals surface area (Å²) in [5.41, 5.74) is -0.786. The van der Waals surface area contributed by atoms with Crippen LogP contribution in [0.4, 0.5) is 18.9 Å². The summed E-state index contributed by atoms with van der Waals surface area (Å²) in [7, 11) is 1.47. The number of methoxy groups -OCH3 is 1. The van der Waals surface area contributed by atoms with Gasteiger partial charge in [0.2, 0.25) is 0 Å². The quantitative estimate of drug-likeness (QED) is 0.823. The second-order valence-corrected chi connectivity index (χ2v) is 4.52. The third-order valence-electron chi connectivity index (χ3n) is 2.88. The molecule has 0 fully saturated rings. The zero-order valence-corrected chi connectivity index (χ0v) is 12.1. The van der Waals surface area contributed by atoms with Crippen LogP contribution in [0.5, 0.6) is 5.75 Å². The van der Waals surface area contributed by atoms with Crippen molar-refractivity contribution in [1.29, 1.82) is 0 Å². The Kier molecular flexibility index (Phi) is 5.28. The lowest BCUT2D eigenvalue weighted by Crippen LogP contribution is -2.14. The topological polar surface area (TPSA) is 60.7 Å². The van der Waals surface area contributed by atoms with Crippen molar-refractivity contribution in [3.8, 4) is 5.75 Å². The number of furan rings is 1. The molecule has 1 N–H and O–H groups in total. The molecule has 0 aliphatic carbocycles. The van der Waals surface area contributed by atoms with E-state index in [0.717, 1.165) is 18.2 Å². The molecule has 5 nitrogen and oxygen atoms in total. The highest BCUT2D eigenvalue weighted by molar-refractivity contribution is 6.04. The van der Waals surface area contributed by atoms with Gasteiger partial charge in [-0.2, -0.15) is 13.2 Å². The molecule has 0 saturated carbocycles. The zero-order valence-electron chi connectivity index (χ0n) is 12.1. The fraction of sp³-hybridized carbons (Fsp3) is 0.267. The first-order valence-electron chi connectivity index (χ1n) is 6.58. The van der Waals surface area contributed by atoms with Gasteiger partial charge in [-0.3, -0.25) is 4.79 Å². The van der Waals surface area contributed by atoms with E-state index in [1.165, 1.54) is 25.7 Å². The molecule has 0 aliphatic heterocycles. The molecule has 0 unspecified atom stereocenters. The summed E-state index contributed by atoms with van der Waals surface area (Å²) in [6.07, 6.45) is -2.05. The second kappa shape index (κ2) is 7.19. The Morgan fingerprint density at radius 3 is 2.65 bits per heavy atom. The molecular weight excluding hydrogens is 315 g/mol. The number of amides is 1. The average Bonchev–Trinajstić information content (AvgIpc) is 3.02. The van der Waals surface area contributed by atoms with E-state index in [9.17, 15) is 18.0 Å². The van der Waals surface area contributed by atoms with Crippen LogP contribution in [-0.2, 0) is 10.9 Å². The Morgan fingerprint density at radius 2 is 2.04 bits per heavy atom. The van der Waals surface area contributed by atoms with Gasteiger partial charge in [0.25, 0.3) is 5.91 Å². The van der Waals surface area contributed by atoms with Gasteiger partial charge in [-0.05, 0) is 24.3 Å². The minimum atomic E-state index is -4.53. The maximum absolute atomic E-state index is 12.8. The number of ether oxygens (including phenoxy) is 2. The summed E-state index contributed by atoms with van der Waals surface area (Å²) in [5.74, 6) is -0.485. The Morgan fingerprint density at radius 1 is 1.26 bits per heavy atom. The van der Waals surface area contributed by atoms with Gasteiger partial charge in [-0.15, -0.1) is 0 Å². The fourth-order valence-electron chi connectivity index (χ4n) is 1.75. The van der Waals surface area contributed by atoms with Gasteiger partial charge < -0.3 is 19.2 Å². The van der Waals surface area contributed by atoms with Crippen LogP contribution in [0, 0.1) is 0 Å². The number of alkyl halides is 3. The lowest BCUT2D eigenvalue weighted by atomic mass is 10.1. The zero-order chi connectivity index (χ0) is 16.9. The SMILES string of the molecule is COCCOc1ccc(C(F)(F)F)cc1NC(=O)c1ccoc1. The molecule has 8 heteroatoms.